The van der Waals surface area contributed by atoms with Crippen molar-refractivity contribution >= 4 is 121 Å². The van der Waals surface area contributed by atoms with Crippen molar-refractivity contribution in [1.82, 2.24) is 130 Å². The van der Waals surface area contributed by atoms with Crippen LogP contribution in [0.25, 0.3) is 77.3 Å². The van der Waals surface area contributed by atoms with Gasteiger partial charge in [0.05, 0.1) is 189 Å². The van der Waals surface area contributed by atoms with Gasteiger partial charge in [0.1, 0.15) is 27.5 Å². The van der Waals surface area contributed by atoms with Gasteiger partial charge in [-0.1, -0.05) is 34.6 Å². The fourth-order valence-corrected chi connectivity index (χ4v) is 20.5. The van der Waals surface area contributed by atoms with Gasteiger partial charge in [-0.25, -0.2) is 63.1 Å². The maximum atomic E-state index is 13.3. The van der Waals surface area contributed by atoms with Crippen molar-refractivity contribution < 1.29 is 67.9 Å². The van der Waals surface area contributed by atoms with Crippen LogP contribution >= 0.6 is 11.3 Å². The van der Waals surface area contributed by atoms with E-state index in [2.05, 4.69) is 92.1 Å². The van der Waals surface area contributed by atoms with Crippen LogP contribution < -0.4 is 26.6 Å². The number of nitrogens with zero attached hydrogens (tertiary/aromatic N) is 21. The normalized spacial score (nSPS) is 14.3. The minimum atomic E-state index is -3.44. The first-order valence-corrected chi connectivity index (χ1v) is 52.8. The summed E-state index contributed by atoms with van der Waals surface area (Å²) in [5.41, 5.74) is 10.7. The molecule has 2 aliphatic heterocycles. The minimum Gasteiger partial charge on any atom is -0.381 e. The molecule has 0 radical (unpaired) electrons. The molecule has 0 bridgehead atoms. The Morgan fingerprint density at radius 1 is 0.423 bits per heavy atom. The second kappa shape index (κ2) is 47.0. The van der Waals surface area contributed by atoms with E-state index in [0.29, 0.717) is 139 Å². The lowest BCUT2D eigenvalue weighted by Gasteiger charge is -2.36. The number of hydrogen-bond donors (Lipinski definition) is 5. The number of halogens is 4. The number of carbonyl (C=O) groups is 6. The van der Waals surface area contributed by atoms with E-state index in [0.717, 1.165) is 96.0 Å². The van der Waals surface area contributed by atoms with Gasteiger partial charge in [0, 0.05) is 153 Å². The molecule has 2 aliphatic rings. The lowest BCUT2D eigenvalue weighted by molar-refractivity contribution is -0.130. The summed E-state index contributed by atoms with van der Waals surface area (Å²) < 4.78 is 118. The number of aryl methyl sites for hydroxylation is 2. The van der Waals surface area contributed by atoms with Crippen molar-refractivity contribution in [1.29, 1.82) is 0 Å². The molecule has 44 heteroatoms. The third kappa shape index (κ3) is 24.6. The summed E-state index contributed by atoms with van der Waals surface area (Å²) in [4.78, 5) is 109. The molecular formula is C105H108F4N26O11S3. The Balaban J connectivity index is 0.000000133. The molecule has 20 rings (SSSR count). The number of rotatable bonds is 27. The first-order chi connectivity index (χ1) is 71.8. The summed E-state index contributed by atoms with van der Waals surface area (Å²) in [7, 11) is -3.01. The predicted octanol–water partition coefficient (Wildman–Crippen LogP) is 16.0. The summed E-state index contributed by atoms with van der Waals surface area (Å²) in [5, 5.41) is 44.7. The average molecular weight is 2080 g/mol. The highest BCUT2D eigenvalue weighted by Crippen LogP contribution is 2.35. The fourth-order valence-electron chi connectivity index (χ4n) is 17.8. The second-order valence-electron chi connectivity index (χ2n) is 35.8. The Bertz CT molecular complexity index is 7930. The molecule has 16 heterocycles. The summed E-state index contributed by atoms with van der Waals surface area (Å²) in [6.07, 6.45) is 42.0. The number of ether oxygens (including phenoxy) is 1. The lowest BCUT2D eigenvalue weighted by Crippen LogP contribution is -2.48. The number of carbonyl (C=O) groups excluding carboxylic acids is 6. The molecule has 6 amide bonds. The van der Waals surface area contributed by atoms with E-state index >= 15 is 0 Å². The van der Waals surface area contributed by atoms with E-state index in [1.807, 2.05) is 75.3 Å². The van der Waals surface area contributed by atoms with Gasteiger partial charge in [-0.2, -0.15) is 30.6 Å². The van der Waals surface area contributed by atoms with Crippen LogP contribution in [0.5, 0.6) is 0 Å². The molecule has 0 saturated carbocycles. The van der Waals surface area contributed by atoms with Crippen LogP contribution in [0.2, 0.25) is 0 Å². The zero-order valence-corrected chi connectivity index (χ0v) is 85.4. The molecule has 6 atom stereocenters. The van der Waals surface area contributed by atoms with Gasteiger partial charge in [-0.3, -0.25) is 63.1 Å². The highest BCUT2D eigenvalue weighted by molar-refractivity contribution is 7.92. The van der Waals surface area contributed by atoms with Crippen LogP contribution in [0.1, 0.15) is 203 Å². The number of thiophene rings is 1. The Hall–Kier alpha value is -16.4. The highest BCUT2D eigenvalue weighted by Gasteiger charge is 2.32. The Morgan fingerprint density at radius 2 is 0.819 bits per heavy atom. The van der Waals surface area contributed by atoms with Crippen LogP contribution in [-0.2, 0) is 43.3 Å². The SMILES string of the molecule is CCC(NC(=O)c1cncc2c1cnn2-c1ccc(F)cc1)C1CCCN(C(C)=O)C1.CCC(NC(=O)c1cncc2c1cnn2-c1ccc(F)cc1)c1cn(C)cn1.CC[C@H](NC(=O)c1cncc2c1cnn2-c1ccc(F)cc1)c1ccc(S(C)(=O)=O)s1.CC[C@H](NC(=O)c1cncc2c1cnn2-c1ccc(F)cc1)c1cnn(C)c1.CC[C@H](NC(=O)c1cncc2c1cnn2C1CCOCC1)c1ccnc(S(C)(=O)=O)c1. The molecule has 0 aliphatic carbocycles. The van der Waals surface area contributed by atoms with Crippen LogP contribution in [0.4, 0.5) is 17.6 Å². The summed E-state index contributed by atoms with van der Waals surface area (Å²) >= 11 is 1.15. The van der Waals surface area contributed by atoms with Crippen LogP contribution in [0.3, 0.4) is 0 Å². The number of likely N-dealkylation sites (tertiary alicyclic amines) is 1. The van der Waals surface area contributed by atoms with E-state index in [4.69, 9.17) is 4.74 Å². The largest absolute Gasteiger partial charge is 0.381 e. The van der Waals surface area contributed by atoms with Gasteiger partial charge in [0.15, 0.2) is 24.7 Å². The van der Waals surface area contributed by atoms with Crippen molar-refractivity contribution in [3.63, 3.8) is 0 Å². The van der Waals surface area contributed by atoms with Gasteiger partial charge >= 0.3 is 0 Å². The van der Waals surface area contributed by atoms with Crippen molar-refractivity contribution in [2.45, 2.75) is 145 Å². The summed E-state index contributed by atoms with van der Waals surface area (Å²) in [6.45, 7) is 14.3. The zero-order chi connectivity index (χ0) is 105. The average Bonchev–Trinajstić information content (AvgIpc) is 1.65. The van der Waals surface area contributed by atoms with Crippen LogP contribution in [-0.4, -0.2) is 200 Å². The van der Waals surface area contributed by atoms with Gasteiger partial charge in [-0.15, -0.1) is 11.3 Å². The monoisotopic (exact) mass is 2080 g/mol. The number of pyridine rings is 6. The number of benzene rings is 4. The zero-order valence-electron chi connectivity index (χ0n) is 82.9. The molecule has 14 aromatic heterocycles. The lowest BCUT2D eigenvalue weighted by atomic mass is 9.89. The van der Waals surface area contributed by atoms with Gasteiger partial charge in [0.25, 0.3) is 29.5 Å². The number of nitrogens with one attached hydrogen (secondary N) is 5. The van der Waals surface area contributed by atoms with Crippen LogP contribution in [0.15, 0.2) is 255 Å². The van der Waals surface area contributed by atoms with Crippen molar-refractivity contribution in [2.24, 2.45) is 20.0 Å². The van der Waals surface area contributed by atoms with Crippen molar-refractivity contribution in [2.75, 3.05) is 38.8 Å². The molecule has 0 spiro atoms. The molecule has 770 valence electrons. The number of amides is 6. The minimum absolute atomic E-state index is 0.0146. The Morgan fingerprint density at radius 3 is 1.19 bits per heavy atom. The number of imidazole rings is 1. The number of piperidine rings is 1. The molecule has 3 unspecified atom stereocenters. The summed E-state index contributed by atoms with van der Waals surface area (Å²) in [6, 6.07) is 29.5. The standard InChI is InChI=1S/C23H26FN5O2.C21H19FN4O3S2.C21H25N5O4S.2C20H19FN6O/c1-3-21(16-5-4-10-28(14-16)15(2)30)27-23(31)20-11-25-13-22-19(20)12-26-29(22)18-8-6-17(24)7-9-18;1-3-17(19-8-9-20(30-19)31(2,28)29)25-21(27)16-10-23-12-18-15(16)11-24-26(18)14-6-4-13(22)5-7-14;1-3-18(14-4-7-23-20(10-14)31(2,28)29)25-21(27)17-11-22-13-19-16(17)12-24-26(19)15-5-8-30-9-6-15;1-3-18(13-8-23-26(2)12-13)25-20(28)17-9-22-11-19-16(17)10-24-27(19)15-6-4-14(21)5-7-15;1-3-17(18-11-26(2)12-23-18)25-20(28)16-8-22-10-19-15(16)9-24-27(19)14-6-4-13(21)5-7-14/h6-9,11-13,16,21H,3-5,10,14H2,1-2H3,(H,27,31);4-12,17H,3H2,1-2H3,(H,25,27);4,7,10-13,15,18H,3,5-6,8-9H2,1-2H3,(H,25,27);4-12,18H,3H2,1-2H3,(H,25,28);4-12,17H,3H2,1-2H3,(H,25,28)/t;17-;2*18-;/m.000./s1. The van der Waals surface area contributed by atoms with E-state index < -0.39 is 19.7 Å². The van der Waals surface area contributed by atoms with Gasteiger partial charge in [0.2, 0.25) is 5.91 Å². The number of fused-ring (bicyclic) bond motifs is 5. The molecular weight excluding hydrogens is 1970 g/mol. The molecule has 4 aromatic carbocycles. The topological polar surface area (TPSA) is 445 Å². The van der Waals surface area contributed by atoms with Crippen molar-refractivity contribution in [3.05, 3.63) is 318 Å². The van der Waals surface area contributed by atoms with E-state index in [1.54, 1.807) is 178 Å². The van der Waals surface area contributed by atoms with Gasteiger partial charge in [-0.05, 0) is 191 Å². The van der Waals surface area contributed by atoms with E-state index in [-0.39, 0.29) is 110 Å². The first-order valence-electron chi connectivity index (χ1n) is 48.2. The molecule has 149 heavy (non-hydrogen) atoms. The van der Waals surface area contributed by atoms with E-state index in [9.17, 15) is 63.2 Å². The third-order valence-electron chi connectivity index (χ3n) is 25.7. The second-order valence-corrected chi connectivity index (χ2v) is 41.1. The highest BCUT2D eigenvalue weighted by atomic mass is 32.2. The number of sulfone groups is 2. The third-order valence-corrected chi connectivity index (χ3v) is 29.7. The molecule has 5 N–H and O–H groups in total. The maximum absolute atomic E-state index is 13.3. The van der Waals surface area contributed by atoms with Crippen molar-refractivity contribution in [3.8, 4) is 22.7 Å². The summed E-state index contributed by atoms with van der Waals surface area (Å²) in [5.74, 6) is -2.31. The molecule has 18 aromatic rings. The van der Waals surface area contributed by atoms with Gasteiger partial charge < -0.3 is 40.8 Å². The maximum Gasteiger partial charge on any atom is 0.254 e. The quantitative estimate of drug-likeness (QED) is 0.0298. The molecule has 2 fully saturated rings. The van der Waals surface area contributed by atoms with E-state index in [1.165, 1.54) is 85.6 Å². The molecule has 2 saturated heterocycles. The Kier molecular flexibility index (Phi) is 33.3. The predicted molar refractivity (Wildman–Crippen MR) is 552 cm³/mol. The smallest absolute Gasteiger partial charge is 0.254 e. The number of hydrogen-bond acceptors (Lipinski definition) is 25. The first kappa shape index (κ1) is 105. The fraction of sp³-hybridized carbons (Fsp3) is 0.286. The molecule has 37 nitrogen and oxygen atoms in total. The Labute approximate surface area is 857 Å². The number of aromatic nitrogens is 20. The van der Waals surface area contributed by atoms with Crippen LogP contribution in [0, 0.1) is 29.2 Å².